The first-order chi connectivity index (χ1) is 4.95. The van der Waals surface area contributed by atoms with E-state index in [0.717, 1.165) is 0 Å². The lowest BCUT2D eigenvalue weighted by Gasteiger charge is -2.14. The van der Waals surface area contributed by atoms with Crippen LogP contribution >= 0.6 is 0 Å². The van der Waals surface area contributed by atoms with Gasteiger partial charge in [0.05, 0.1) is 6.10 Å². The van der Waals surface area contributed by atoms with E-state index < -0.39 is 24.1 Å². The van der Waals surface area contributed by atoms with Gasteiger partial charge in [0.15, 0.2) is 6.04 Å². The van der Waals surface area contributed by atoms with E-state index in [9.17, 15) is 9.59 Å². The molecule has 2 amide bonds. The lowest BCUT2D eigenvalue weighted by molar-refractivity contribution is -0.141. The van der Waals surface area contributed by atoms with E-state index in [0.29, 0.717) is 0 Å². The molecule has 0 heterocycles. The number of hydrogen-bond donors (Lipinski definition) is 4. The number of carbonyl (C=O) groups is 2. The number of aliphatic hydroxyl groups is 1. The van der Waals surface area contributed by atoms with Crippen LogP contribution in [0.1, 0.15) is 6.92 Å². The molecule has 0 aromatic rings. The van der Waals surface area contributed by atoms with Crippen molar-refractivity contribution in [3.8, 4) is 0 Å². The molecule has 0 aliphatic rings. The summed E-state index contributed by atoms with van der Waals surface area (Å²) in [5.41, 5.74) is 4.64. The molecule has 5 N–H and O–H groups in total. The maximum absolute atomic E-state index is 10.2. The van der Waals surface area contributed by atoms with Crippen molar-refractivity contribution in [1.29, 1.82) is 0 Å². The van der Waals surface area contributed by atoms with Gasteiger partial charge >= 0.3 is 12.0 Å². The number of carbonyl (C=O) groups excluding carboxylic acids is 1. The van der Waals surface area contributed by atoms with E-state index in [-0.39, 0.29) is 0 Å². The molecule has 0 spiro atoms. The van der Waals surface area contributed by atoms with Crippen LogP contribution in [0.5, 0.6) is 0 Å². The van der Waals surface area contributed by atoms with Crippen molar-refractivity contribution in [2.75, 3.05) is 0 Å². The molecule has 0 unspecified atom stereocenters. The van der Waals surface area contributed by atoms with Gasteiger partial charge in [-0.25, -0.2) is 9.59 Å². The highest BCUT2D eigenvalue weighted by Gasteiger charge is 2.23. The number of urea groups is 1. The third-order valence-electron chi connectivity index (χ3n) is 1.05. The van der Waals surface area contributed by atoms with Gasteiger partial charge in [-0.1, -0.05) is 0 Å². The molecule has 6 heteroatoms. The van der Waals surface area contributed by atoms with Gasteiger partial charge in [-0.3, -0.25) is 0 Å². The van der Waals surface area contributed by atoms with Gasteiger partial charge in [-0.15, -0.1) is 0 Å². The summed E-state index contributed by atoms with van der Waals surface area (Å²) >= 11 is 0. The Morgan fingerprint density at radius 1 is 1.55 bits per heavy atom. The second-order valence-corrected chi connectivity index (χ2v) is 2.07. The number of aliphatic carboxylic acids is 1. The van der Waals surface area contributed by atoms with E-state index in [4.69, 9.17) is 10.2 Å². The topological polar surface area (TPSA) is 113 Å². The van der Waals surface area contributed by atoms with Crippen LogP contribution in [0.2, 0.25) is 0 Å². The third kappa shape index (κ3) is 3.41. The van der Waals surface area contributed by atoms with Crippen LogP contribution < -0.4 is 11.1 Å². The van der Waals surface area contributed by atoms with Gasteiger partial charge < -0.3 is 21.3 Å². The number of carboxylic acids is 1. The highest BCUT2D eigenvalue weighted by atomic mass is 16.4. The normalized spacial score (nSPS) is 15.1. The summed E-state index contributed by atoms with van der Waals surface area (Å²) in [5.74, 6) is -1.32. The van der Waals surface area contributed by atoms with Crippen molar-refractivity contribution < 1.29 is 19.8 Å². The molecule has 0 aromatic heterocycles. The standard InChI is InChI=1S/C5H10N2O4/c1-2(8)3(4(9)10)7-5(6)11/h2-3,8H,1H3,(H,9,10)(H3,6,7,11)/t2-,3+/m1/s1. The quantitative estimate of drug-likeness (QED) is 0.404. The number of rotatable bonds is 3. The fraction of sp³-hybridized carbons (Fsp3) is 0.600. The van der Waals surface area contributed by atoms with Crippen molar-refractivity contribution in [2.24, 2.45) is 5.73 Å². The van der Waals surface area contributed by atoms with Gasteiger partial charge in [0.2, 0.25) is 0 Å². The summed E-state index contributed by atoms with van der Waals surface area (Å²) in [6, 6.07) is -2.31. The minimum absolute atomic E-state index is 0.974. The zero-order chi connectivity index (χ0) is 9.02. The lowest BCUT2D eigenvalue weighted by Crippen LogP contribution is -2.49. The fourth-order valence-electron chi connectivity index (χ4n) is 0.542. The average molecular weight is 162 g/mol. The molecule has 0 bridgehead atoms. The average Bonchev–Trinajstić information content (AvgIpc) is 1.81. The molecule has 0 radical (unpaired) electrons. The van der Waals surface area contributed by atoms with Crippen LogP contribution in [-0.4, -0.2) is 34.4 Å². The van der Waals surface area contributed by atoms with Crippen molar-refractivity contribution in [1.82, 2.24) is 5.32 Å². The van der Waals surface area contributed by atoms with Crippen LogP contribution in [0, 0.1) is 0 Å². The zero-order valence-electron chi connectivity index (χ0n) is 5.94. The summed E-state index contributed by atoms with van der Waals surface area (Å²) in [6.45, 7) is 1.24. The first kappa shape index (κ1) is 9.70. The van der Waals surface area contributed by atoms with E-state index in [1.54, 1.807) is 0 Å². The Bertz CT molecular complexity index is 168. The van der Waals surface area contributed by atoms with Crippen molar-refractivity contribution in [2.45, 2.75) is 19.1 Å². The number of carboxylic acid groups (broad SMARTS) is 1. The number of hydrogen-bond acceptors (Lipinski definition) is 3. The minimum atomic E-state index is -1.34. The van der Waals surface area contributed by atoms with Crippen LogP contribution in [0.15, 0.2) is 0 Å². The highest BCUT2D eigenvalue weighted by Crippen LogP contribution is 1.91. The van der Waals surface area contributed by atoms with Crippen LogP contribution in [0.25, 0.3) is 0 Å². The summed E-state index contributed by atoms with van der Waals surface area (Å²) in [4.78, 5) is 20.4. The number of aliphatic hydroxyl groups excluding tert-OH is 1. The Hall–Kier alpha value is -1.30. The molecule has 0 saturated carbocycles. The van der Waals surface area contributed by atoms with Gasteiger partial charge in [0, 0.05) is 0 Å². The summed E-state index contributed by atoms with van der Waals surface area (Å²) in [6.07, 6.45) is -1.17. The third-order valence-corrected chi connectivity index (χ3v) is 1.05. The number of amides is 2. The second kappa shape index (κ2) is 3.77. The molecule has 0 fully saturated rings. The molecule has 0 rings (SSSR count). The maximum atomic E-state index is 10.2. The molecular formula is C5H10N2O4. The van der Waals surface area contributed by atoms with Gasteiger partial charge in [-0.2, -0.15) is 0 Å². The van der Waals surface area contributed by atoms with Gasteiger partial charge in [-0.05, 0) is 6.92 Å². The Morgan fingerprint density at radius 3 is 2.09 bits per heavy atom. The smallest absolute Gasteiger partial charge is 0.328 e. The van der Waals surface area contributed by atoms with Crippen molar-refractivity contribution in [3.63, 3.8) is 0 Å². The summed E-state index contributed by atoms with van der Waals surface area (Å²) in [5, 5.41) is 19.0. The van der Waals surface area contributed by atoms with Gasteiger partial charge in [0.1, 0.15) is 0 Å². The predicted octanol–water partition coefficient (Wildman–Crippen LogP) is -1.51. The van der Waals surface area contributed by atoms with Crippen LogP contribution in [0.4, 0.5) is 4.79 Å². The van der Waals surface area contributed by atoms with E-state index in [1.807, 2.05) is 5.32 Å². The van der Waals surface area contributed by atoms with E-state index in [2.05, 4.69) is 5.73 Å². The number of primary amides is 1. The highest BCUT2D eigenvalue weighted by molar-refractivity contribution is 5.81. The molecule has 6 nitrogen and oxygen atoms in total. The Kier molecular flexibility index (Phi) is 3.32. The molecule has 2 atom stereocenters. The van der Waals surface area contributed by atoms with Crippen LogP contribution in [0.3, 0.4) is 0 Å². The van der Waals surface area contributed by atoms with Crippen LogP contribution in [-0.2, 0) is 4.79 Å². The summed E-state index contributed by atoms with van der Waals surface area (Å²) < 4.78 is 0. The van der Waals surface area contributed by atoms with E-state index in [1.165, 1.54) is 6.92 Å². The number of nitrogens with one attached hydrogen (secondary N) is 1. The maximum Gasteiger partial charge on any atom is 0.328 e. The molecule has 64 valence electrons. The second-order valence-electron chi connectivity index (χ2n) is 2.07. The molecule has 0 aliphatic carbocycles. The lowest BCUT2D eigenvalue weighted by atomic mass is 10.2. The largest absolute Gasteiger partial charge is 0.480 e. The fourth-order valence-corrected chi connectivity index (χ4v) is 0.542. The first-order valence-corrected chi connectivity index (χ1v) is 2.92. The molecule has 0 aliphatic heterocycles. The SMILES string of the molecule is C[C@@H](O)[C@H](NC(N)=O)C(=O)O. The summed E-state index contributed by atoms with van der Waals surface area (Å²) in [7, 11) is 0. The Morgan fingerprint density at radius 2 is 2.00 bits per heavy atom. The van der Waals surface area contributed by atoms with Crippen molar-refractivity contribution in [3.05, 3.63) is 0 Å². The number of nitrogens with two attached hydrogens (primary N) is 1. The molecule has 0 aromatic carbocycles. The van der Waals surface area contributed by atoms with Gasteiger partial charge in [0.25, 0.3) is 0 Å². The zero-order valence-corrected chi connectivity index (χ0v) is 5.94. The van der Waals surface area contributed by atoms with E-state index >= 15 is 0 Å². The molecular weight excluding hydrogens is 152 g/mol. The molecule has 0 saturated heterocycles. The molecule has 11 heavy (non-hydrogen) atoms. The Labute approximate surface area is 63.0 Å². The van der Waals surface area contributed by atoms with Crippen molar-refractivity contribution >= 4 is 12.0 Å². The Balaban J connectivity index is 4.12. The monoisotopic (exact) mass is 162 g/mol. The minimum Gasteiger partial charge on any atom is -0.480 e. The predicted molar refractivity (Wildman–Crippen MR) is 35.8 cm³/mol. The first-order valence-electron chi connectivity index (χ1n) is 2.92.